The Balaban J connectivity index is 1.45. The van der Waals surface area contributed by atoms with Gasteiger partial charge in [-0.1, -0.05) is 18.0 Å². The van der Waals surface area contributed by atoms with E-state index in [4.69, 9.17) is 11.6 Å². The molecule has 0 saturated carbocycles. The minimum atomic E-state index is 0.0871. The van der Waals surface area contributed by atoms with Crippen LogP contribution in [0, 0.1) is 0 Å². The normalized spacial score (nSPS) is 20.3. The molecule has 1 aromatic heterocycles. The summed E-state index contributed by atoms with van der Waals surface area (Å²) in [5, 5.41) is 0. The molecule has 24 heavy (non-hydrogen) atoms. The highest BCUT2D eigenvalue weighted by atomic mass is 35.5. The summed E-state index contributed by atoms with van der Waals surface area (Å²) in [4.78, 5) is 31.8. The molecule has 0 unspecified atom stereocenters. The average Bonchev–Trinajstić information content (AvgIpc) is 2.87. The number of thiophene rings is 1. The van der Waals surface area contributed by atoms with E-state index in [1.807, 2.05) is 11.0 Å². The maximum atomic E-state index is 12.5. The van der Waals surface area contributed by atoms with Crippen molar-refractivity contribution in [2.24, 2.45) is 0 Å². The lowest BCUT2D eigenvalue weighted by Gasteiger charge is -2.35. The van der Waals surface area contributed by atoms with Gasteiger partial charge >= 0.3 is 0 Å². The Morgan fingerprint density at radius 3 is 2.58 bits per heavy atom. The molecule has 0 aliphatic carbocycles. The largest absolute Gasteiger partial charge is 0.339 e. The van der Waals surface area contributed by atoms with Crippen LogP contribution >= 0.6 is 22.9 Å². The third kappa shape index (κ3) is 4.71. The number of hydrogen-bond donors (Lipinski definition) is 0. The Hall–Kier alpha value is -1.11. The molecule has 1 aromatic rings. The maximum Gasteiger partial charge on any atom is 0.242 e. The van der Waals surface area contributed by atoms with Crippen molar-refractivity contribution in [2.75, 3.05) is 39.3 Å². The molecule has 0 aromatic carbocycles. The van der Waals surface area contributed by atoms with Gasteiger partial charge in [-0.25, -0.2) is 0 Å². The van der Waals surface area contributed by atoms with Crippen LogP contribution in [0.5, 0.6) is 0 Å². The molecule has 2 saturated heterocycles. The number of halogens is 1. The summed E-state index contributed by atoms with van der Waals surface area (Å²) in [5.41, 5.74) is 0. The molecule has 0 spiro atoms. The molecule has 0 atom stereocenters. The standard InChI is InChI=1S/C17H24ClN3O2S/c18-15-6-5-14(24-15)12-19-8-10-20(11-9-19)17(23)13-21-7-3-1-2-4-16(21)22/h5-6H,1-4,7-13H2. The Kier molecular flexibility index (Phi) is 6.14. The second kappa shape index (κ2) is 8.32. The molecule has 2 fully saturated rings. The van der Waals surface area contributed by atoms with E-state index in [0.29, 0.717) is 6.42 Å². The van der Waals surface area contributed by atoms with Gasteiger partial charge in [0.15, 0.2) is 0 Å². The van der Waals surface area contributed by atoms with Crippen molar-refractivity contribution in [2.45, 2.75) is 32.2 Å². The lowest BCUT2D eigenvalue weighted by Crippen LogP contribution is -2.51. The van der Waals surface area contributed by atoms with Gasteiger partial charge in [-0.3, -0.25) is 14.5 Å². The van der Waals surface area contributed by atoms with E-state index >= 15 is 0 Å². The van der Waals surface area contributed by atoms with Crippen molar-refractivity contribution >= 4 is 34.8 Å². The van der Waals surface area contributed by atoms with Crippen LogP contribution in [0.15, 0.2) is 12.1 Å². The van der Waals surface area contributed by atoms with Gasteiger partial charge in [0.2, 0.25) is 11.8 Å². The molecular formula is C17H24ClN3O2S. The molecule has 3 heterocycles. The monoisotopic (exact) mass is 369 g/mol. The highest BCUT2D eigenvalue weighted by molar-refractivity contribution is 7.16. The van der Waals surface area contributed by atoms with Gasteiger partial charge in [0.05, 0.1) is 10.9 Å². The van der Waals surface area contributed by atoms with Gasteiger partial charge in [-0.2, -0.15) is 0 Å². The van der Waals surface area contributed by atoms with Crippen LogP contribution in [0.25, 0.3) is 0 Å². The second-order valence-electron chi connectivity index (χ2n) is 6.49. The second-order valence-corrected chi connectivity index (χ2v) is 8.29. The van der Waals surface area contributed by atoms with Crippen molar-refractivity contribution in [1.29, 1.82) is 0 Å². The predicted molar refractivity (Wildman–Crippen MR) is 96.2 cm³/mol. The Labute approximate surface area is 152 Å². The molecule has 0 bridgehead atoms. The first-order valence-electron chi connectivity index (χ1n) is 8.64. The lowest BCUT2D eigenvalue weighted by molar-refractivity contribution is -0.141. The predicted octanol–water partition coefficient (Wildman–Crippen LogP) is 2.45. The highest BCUT2D eigenvalue weighted by Crippen LogP contribution is 2.23. The fourth-order valence-electron chi connectivity index (χ4n) is 3.28. The van der Waals surface area contributed by atoms with E-state index in [-0.39, 0.29) is 18.4 Å². The van der Waals surface area contributed by atoms with E-state index in [2.05, 4.69) is 11.0 Å². The van der Waals surface area contributed by atoms with Crippen LogP contribution in [0.1, 0.15) is 30.6 Å². The highest BCUT2D eigenvalue weighted by Gasteiger charge is 2.25. The molecule has 132 valence electrons. The first-order valence-corrected chi connectivity index (χ1v) is 9.83. The third-order valence-corrected chi connectivity index (χ3v) is 5.95. The van der Waals surface area contributed by atoms with Crippen molar-refractivity contribution in [3.63, 3.8) is 0 Å². The van der Waals surface area contributed by atoms with Gasteiger partial charge < -0.3 is 9.80 Å². The summed E-state index contributed by atoms with van der Waals surface area (Å²) in [6, 6.07) is 4.00. The van der Waals surface area contributed by atoms with Crippen molar-refractivity contribution < 1.29 is 9.59 Å². The number of carbonyl (C=O) groups excluding carboxylic acids is 2. The summed E-state index contributed by atoms with van der Waals surface area (Å²) in [6.45, 7) is 5.08. The number of carbonyl (C=O) groups is 2. The minimum Gasteiger partial charge on any atom is -0.339 e. The quantitative estimate of drug-likeness (QED) is 0.818. The van der Waals surface area contributed by atoms with Crippen LogP contribution in [0.3, 0.4) is 0 Å². The van der Waals surface area contributed by atoms with E-state index in [1.165, 1.54) is 4.88 Å². The van der Waals surface area contributed by atoms with Crippen LogP contribution in [-0.4, -0.2) is 65.8 Å². The summed E-state index contributed by atoms with van der Waals surface area (Å²) < 4.78 is 0.820. The van der Waals surface area contributed by atoms with Gasteiger partial charge in [0, 0.05) is 50.6 Å². The summed E-state index contributed by atoms with van der Waals surface area (Å²) in [5.74, 6) is 0.220. The Morgan fingerprint density at radius 2 is 1.88 bits per heavy atom. The zero-order valence-electron chi connectivity index (χ0n) is 13.9. The molecule has 5 nitrogen and oxygen atoms in total. The average molecular weight is 370 g/mol. The number of nitrogens with zero attached hydrogens (tertiary/aromatic N) is 3. The van der Waals surface area contributed by atoms with Crippen LogP contribution in [0.4, 0.5) is 0 Å². The Morgan fingerprint density at radius 1 is 1.08 bits per heavy atom. The van der Waals surface area contributed by atoms with Crippen LogP contribution in [-0.2, 0) is 16.1 Å². The molecule has 0 radical (unpaired) electrons. The number of amides is 2. The van der Waals surface area contributed by atoms with E-state index < -0.39 is 0 Å². The zero-order chi connectivity index (χ0) is 16.9. The Bertz CT molecular complexity index is 584. The van der Waals surface area contributed by atoms with Gasteiger partial charge in [0.25, 0.3) is 0 Å². The zero-order valence-corrected chi connectivity index (χ0v) is 15.4. The van der Waals surface area contributed by atoms with Crippen LogP contribution < -0.4 is 0 Å². The molecular weight excluding hydrogens is 346 g/mol. The smallest absolute Gasteiger partial charge is 0.242 e. The van der Waals surface area contributed by atoms with E-state index in [0.717, 1.165) is 62.9 Å². The number of hydrogen-bond acceptors (Lipinski definition) is 4. The number of piperazine rings is 1. The molecule has 2 aliphatic rings. The van der Waals surface area contributed by atoms with Crippen molar-refractivity contribution in [3.8, 4) is 0 Å². The number of likely N-dealkylation sites (tertiary alicyclic amines) is 1. The molecule has 3 rings (SSSR count). The summed E-state index contributed by atoms with van der Waals surface area (Å²) >= 11 is 7.59. The van der Waals surface area contributed by atoms with Crippen LogP contribution in [0.2, 0.25) is 4.34 Å². The van der Waals surface area contributed by atoms with Gasteiger partial charge in [-0.05, 0) is 25.0 Å². The van der Waals surface area contributed by atoms with Crippen molar-refractivity contribution in [3.05, 3.63) is 21.3 Å². The fraction of sp³-hybridized carbons (Fsp3) is 0.647. The first kappa shape index (κ1) is 17.7. The van der Waals surface area contributed by atoms with Gasteiger partial charge in [-0.15, -0.1) is 11.3 Å². The lowest BCUT2D eigenvalue weighted by atomic mass is 10.2. The fourth-order valence-corrected chi connectivity index (χ4v) is 4.41. The molecule has 0 N–H and O–H groups in total. The van der Waals surface area contributed by atoms with Crippen molar-refractivity contribution in [1.82, 2.24) is 14.7 Å². The molecule has 2 amide bonds. The van der Waals surface area contributed by atoms with E-state index in [1.54, 1.807) is 16.2 Å². The summed E-state index contributed by atoms with van der Waals surface area (Å²) in [6.07, 6.45) is 3.64. The molecule has 7 heteroatoms. The SMILES string of the molecule is O=C(CN1CCCCCC1=O)N1CCN(Cc2ccc(Cl)s2)CC1. The number of rotatable bonds is 4. The van der Waals surface area contributed by atoms with E-state index in [9.17, 15) is 9.59 Å². The maximum absolute atomic E-state index is 12.5. The topological polar surface area (TPSA) is 43.9 Å². The minimum absolute atomic E-state index is 0.0871. The molecule has 2 aliphatic heterocycles. The summed E-state index contributed by atoms with van der Waals surface area (Å²) in [7, 11) is 0. The first-order chi connectivity index (χ1) is 11.6. The van der Waals surface area contributed by atoms with Gasteiger partial charge in [0.1, 0.15) is 0 Å². The third-order valence-electron chi connectivity index (χ3n) is 4.73.